The molecule has 0 saturated heterocycles. The minimum atomic E-state index is 0.813. The molecule has 2 atom stereocenters. The van der Waals surface area contributed by atoms with Crippen molar-refractivity contribution in [3.05, 3.63) is 0 Å². The first-order valence-electron chi connectivity index (χ1n) is 8.05. The zero-order chi connectivity index (χ0) is 12.3. The van der Waals surface area contributed by atoms with Crippen molar-refractivity contribution in [1.29, 1.82) is 0 Å². The highest BCUT2D eigenvalue weighted by molar-refractivity contribution is 4.78. The van der Waals surface area contributed by atoms with Gasteiger partial charge in [0.25, 0.3) is 0 Å². The van der Waals surface area contributed by atoms with E-state index < -0.39 is 0 Å². The summed E-state index contributed by atoms with van der Waals surface area (Å²) in [5.41, 5.74) is 0. The third-order valence-electron chi connectivity index (χ3n) is 4.46. The van der Waals surface area contributed by atoms with E-state index in [1.54, 1.807) is 0 Å². The summed E-state index contributed by atoms with van der Waals surface area (Å²) in [6.45, 7) is 2.29. The van der Waals surface area contributed by atoms with Crippen LogP contribution >= 0.6 is 0 Å². The van der Waals surface area contributed by atoms with E-state index in [0.717, 1.165) is 12.0 Å². The number of rotatable bonds is 8. The zero-order valence-corrected chi connectivity index (χ0v) is 12.1. The minimum absolute atomic E-state index is 0.813. The fourth-order valence-corrected chi connectivity index (χ4v) is 3.30. The van der Waals surface area contributed by atoms with Gasteiger partial charge < -0.3 is 5.32 Å². The number of hydrogen-bond acceptors (Lipinski definition) is 1. The molecule has 1 aliphatic rings. The van der Waals surface area contributed by atoms with Crippen LogP contribution in [-0.2, 0) is 0 Å². The summed E-state index contributed by atoms with van der Waals surface area (Å²) >= 11 is 0. The molecule has 1 fully saturated rings. The Morgan fingerprint density at radius 1 is 0.882 bits per heavy atom. The quantitative estimate of drug-likeness (QED) is 0.469. The van der Waals surface area contributed by atoms with Crippen molar-refractivity contribution in [2.45, 2.75) is 90.0 Å². The molecule has 0 spiro atoms. The van der Waals surface area contributed by atoms with Crippen LogP contribution in [0.3, 0.4) is 0 Å². The Hall–Kier alpha value is -0.0400. The first-order chi connectivity index (χ1) is 8.38. The van der Waals surface area contributed by atoms with Crippen LogP contribution in [0.1, 0.15) is 84.0 Å². The molecule has 0 aliphatic heterocycles. The van der Waals surface area contributed by atoms with Gasteiger partial charge in [-0.15, -0.1) is 0 Å². The van der Waals surface area contributed by atoms with Crippen molar-refractivity contribution in [2.24, 2.45) is 5.92 Å². The molecule has 0 amide bonds. The van der Waals surface area contributed by atoms with Crippen molar-refractivity contribution < 1.29 is 0 Å². The maximum atomic E-state index is 3.56. The van der Waals surface area contributed by atoms with Crippen molar-refractivity contribution in [1.82, 2.24) is 5.32 Å². The van der Waals surface area contributed by atoms with Gasteiger partial charge >= 0.3 is 0 Å². The highest BCUT2D eigenvalue weighted by atomic mass is 14.9. The average Bonchev–Trinajstić information content (AvgIpc) is 2.58. The lowest BCUT2D eigenvalue weighted by atomic mass is 9.89. The maximum Gasteiger partial charge on any atom is 0.00923 e. The Kier molecular flexibility index (Phi) is 8.78. The molecule has 1 aliphatic carbocycles. The highest BCUT2D eigenvalue weighted by Gasteiger charge is 2.21. The minimum Gasteiger partial charge on any atom is -0.317 e. The van der Waals surface area contributed by atoms with E-state index in [0.29, 0.717) is 0 Å². The van der Waals surface area contributed by atoms with Gasteiger partial charge in [0.2, 0.25) is 0 Å². The molecule has 0 heterocycles. The van der Waals surface area contributed by atoms with E-state index in [2.05, 4.69) is 19.3 Å². The lowest BCUT2D eigenvalue weighted by Gasteiger charge is -2.24. The second kappa shape index (κ2) is 9.94. The standard InChI is InChI=1S/C16H33N/c1-3-4-5-6-7-9-12-15-13-10-8-11-14-16(15)17-2/h15-17H,3-14H2,1-2H3. The van der Waals surface area contributed by atoms with E-state index in [-0.39, 0.29) is 0 Å². The van der Waals surface area contributed by atoms with E-state index in [1.165, 1.54) is 77.0 Å². The van der Waals surface area contributed by atoms with Crippen LogP contribution in [0.4, 0.5) is 0 Å². The van der Waals surface area contributed by atoms with Crippen LogP contribution in [0.5, 0.6) is 0 Å². The molecule has 17 heavy (non-hydrogen) atoms. The fourth-order valence-electron chi connectivity index (χ4n) is 3.30. The summed E-state index contributed by atoms with van der Waals surface area (Å²) in [7, 11) is 2.16. The molecule has 0 aromatic heterocycles. The van der Waals surface area contributed by atoms with Gasteiger partial charge in [-0.1, -0.05) is 64.7 Å². The molecule has 0 aromatic rings. The van der Waals surface area contributed by atoms with Crippen LogP contribution in [0.25, 0.3) is 0 Å². The normalized spacial score (nSPS) is 25.8. The van der Waals surface area contributed by atoms with Crippen LogP contribution in [0.15, 0.2) is 0 Å². The summed E-state index contributed by atoms with van der Waals surface area (Å²) in [4.78, 5) is 0. The molecular weight excluding hydrogens is 206 g/mol. The monoisotopic (exact) mass is 239 g/mol. The van der Waals surface area contributed by atoms with Gasteiger partial charge in [-0.25, -0.2) is 0 Å². The zero-order valence-electron chi connectivity index (χ0n) is 12.1. The summed E-state index contributed by atoms with van der Waals surface area (Å²) in [6, 6.07) is 0.813. The van der Waals surface area contributed by atoms with Crippen molar-refractivity contribution in [3.63, 3.8) is 0 Å². The van der Waals surface area contributed by atoms with Crippen LogP contribution in [-0.4, -0.2) is 13.1 Å². The van der Waals surface area contributed by atoms with Crippen molar-refractivity contribution >= 4 is 0 Å². The van der Waals surface area contributed by atoms with Gasteiger partial charge in [-0.3, -0.25) is 0 Å². The van der Waals surface area contributed by atoms with Crippen molar-refractivity contribution in [2.75, 3.05) is 7.05 Å². The molecule has 1 rings (SSSR count). The van der Waals surface area contributed by atoms with E-state index >= 15 is 0 Å². The van der Waals surface area contributed by atoms with E-state index in [1.807, 2.05) is 0 Å². The summed E-state index contributed by atoms with van der Waals surface area (Å²) in [5.74, 6) is 0.966. The van der Waals surface area contributed by atoms with Gasteiger partial charge in [0.1, 0.15) is 0 Å². The summed E-state index contributed by atoms with van der Waals surface area (Å²) in [6.07, 6.45) is 17.4. The lowest BCUT2D eigenvalue weighted by molar-refractivity contribution is 0.321. The second-order valence-corrected chi connectivity index (χ2v) is 5.85. The summed E-state index contributed by atoms with van der Waals surface area (Å²) < 4.78 is 0. The topological polar surface area (TPSA) is 12.0 Å². The maximum absolute atomic E-state index is 3.56. The second-order valence-electron chi connectivity index (χ2n) is 5.85. The predicted octanol–water partition coefficient (Wildman–Crippen LogP) is 4.91. The molecule has 0 radical (unpaired) electrons. The first-order valence-corrected chi connectivity index (χ1v) is 8.05. The third kappa shape index (κ3) is 6.45. The Balaban J connectivity index is 2.10. The van der Waals surface area contributed by atoms with Gasteiger partial charge in [0, 0.05) is 6.04 Å². The number of nitrogens with one attached hydrogen (secondary N) is 1. The third-order valence-corrected chi connectivity index (χ3v) is 4.46. The molecular formula is C16H33N. The van der Waals surface area contributed by atoms with Crippen LogP contribution < -0.4 is 5.32 Å². The Bertz CT molecular complexity index is 167. The smallest absolute Gasteiger partial charge is 0.00923 e. The molecule has 1 heteroatoms. The highest BCUT2D eigenvalue weighted by Crippen LogP contribution is 2.27. The molecule has 1 N–H and O–H groups in total. The lowest BCUT2D eigenvalue weighted by Crippen LogP contribution is -2.32. The van der Waals surface area contributed by atoms with E-state index in [4.69, 9.17) is 0 Å². The number of hydrogen-bond donors (Lipinski definition) is 1. The SMILES string of the molecule is CCCCCCCCC1CCCCCC1NC. The van der Waals surface area contributed by atoms with Crippen molar-refractivity contribution in [3.8, 4) is 0 Å². The molecule has 0 bridgehead atoms. The van der Waals surface area contributed by atoms with Gasteiger partial charge in [0.05, 0.1) is 0 Å². The molecule has 2 unspecified atom stereocenters. The Labute approximate surface area is 109 Å². The van der Waals surface area contributed by atoms with Gasteiger partial charge in [0.15, 0.2) is 0 Å². The fraction of sp³-hybridized carbons (Fsp3) is 1.00. The van der Waals surface area contributed by atoms with Crippen LogP contribution in [0.2, 0.25) is 0 Å². The molecule has 1 saturated carbocycles. The van der Waals surface area contributed by atoms with E-state index in [9.17, 15) is 0 Å². The van der Waals surface area contributed by atoms with Gasteiger partial charge in [-0.05, 0) is 32.2 Å². The Morgan fingerprint density at radius 3 is 2.35 bits per heavy atom. The molecule has 0 aromatic carbocycles. The predicted molar refractivity (Wildman–Crippen MR) is 77.4 cm³/mol. The molecule has 102 valence electrons. The number of unbranched alkanes of at least 4 members (excludes halogenated alkanes) is 5. The molecule has 1 nitrogen and oxygen atoms in total. The Morgan fingerprint density at radius 2 is 1.59 bits per heavy atom. The largest absolute Gasteiger partial charge is 0.317 e. The first kappa shape index (κ1) is 15.0. The average molecular weight is 239 g/mol. The van der Waals surface area contributed by atoms with Crippen LogP contribution in [0, 0.1) is 5.92 Å². The summed E-state index contributed by atoms with van der Waals surface area (Å²) in [5, 5.41) is 3.56. The van der Waals surface area contributed by atoms with Gasteiger partial charge in [-0.2, -0.15) is 0 Å².